The van der Waals surface area contributed by atoms with E-state index < -0.39 is 0 Å². The fourth-order valence-corrected chi connectivity index (χ4v) is 2.26. The zero-order valence-corrected chi connectivity index (χ0v) is 12.3. The Labute approximate surface area is 110 Å². The molecular formula is C11H18IN3O. The predicted octanol–water partition coefficient (Wildman–Crippen LogP) is 2.13. The van der Waals surface area contributed by atoms with Gasteiger partial charge in [-0.3, -0.25) is 9.48 Å². The van der Waals surface area contributed by atoms with Crippen LogP contribution in [0, 0.1) is 3.57 Å². The number of carbonyl (C=O) groups is 1. The van der Waals surface area contributed by atoms with E-state index in [9.17, 15) is 4.79 Å². The second-order valence-corrected chi connectivity index (χ2v) is 5.59. The lowest BCUT2D eigenvalue weighted by molar-refractivity contribution is -0.135. The molecule has 0 radical (unpaired) electrons. The first-order valence-corrected chi connectivity index (χ1v) is 6.48. The number of nitrogens with zero attached hydrogens (tertiary/aromatic N) is 3. The maximum Gasteiger partial charge on any atom is 0.244 e. The van der Waals surface area contributed by atoms with Crippen LogP contribution in [0.1, 0.15) is 27.7 Å². The first-order valence-electron chi connectivity index (χ1n) is 5.41. The molecule has 1 heterocycles. The lowest BCUT2D eigenvalue weighted by Gasteiger charge is -2.30. The average Bonchev–Trinajstić information content (AvgIpc) is 2.49. The fraction of sp³-hybridized carbons (Fsp3) is 0.636. The monoisotopic (exact) mass is 335 g/mol. The van der Waals surface area contributed by atoms with Gasteiger partial charge in [0.2, 0.25) is 5.91 Å². The quantitative estimate of drug-likeness (QED) is 0.791. The van der Waals surface area contributed by atoms with Crippen molar-refractivity contribution >= 4 is 28.5 Å². The van der Waals surface area contributed by atoms with Crippen LogP contribution < -0.4 is 0 Å². The maximum atomic E-state index is 12.1. The van der Waals surface area contributed by atoms with E-state index in [2.05, 4.69) is 27.7 Å². The van der Waals surface area contributed by atoms with E-state index in [1.165, 1.54) is 0 Å². The minimum Gasteiger partial charge on any atom is -0.336 e. The van der Waals surface area contributed by atoms with E-state index in [0.29, 0.717) is 6.54 Å². The highest BCUT2D eigenvalue weighted by molar-refractivity contribution is 14.1. The first-order chi connectivity index (χ1) is 7.41. The van der Waals surface area contributed by atoms with Gasteiger partial charge in [-0.15, -0.1) is 0 Å². The predicted molar refractivity (Wildman–Crippen MR) is 72.1 cm³/mol. The molecule has 0 aliphatic rings. The van der Waals surface area contributed by atoms with Crippen LogP contribution in [0.15, 0.2) is 12.4 Å². The summed E-state index contributed by atoms with van der Waals surface area (Å²) in [4.78, 5) is 14.0. The van der Waals surface area contributed by atoms with E-state index in [1.807, 2.05) is 38.8 Å². The van der Waals surface area contributed by atoms with Crippen molar-refractivity contribution in [1.29, 1.82) is 0 Å². The van der Waals surface area contributed by atoms with Gasteiger partial charge in [0.05, 0.1) is 9.77 Å². The van der Waals surface area contributed by atoms with Crippen LogP contribution in [0.4, 0.5) is 0 Å². The fourth-order valence-electron chi connectivity index (χ4n) is 1.82. The lowest BCUT2D eigenvalue weighted by atomic mass is 10.2. The first kappa shape index (κ1) is 13.5. The van der Waals surface area contributed by atoms with Crippen LogP contribution in [0.2, 0.25) is 0 Å². The van der Waals surface area contributed by atoms with Crippen molar-refractivity contribution in [2.24, 2.45) is 0 Å². The Morgan fingerprint density at radius 3 is 2.38 bits per heavy atom. The van der Waals surface area contributed by atoms with Gasteiger partial charge in [0.1, 0.15) is 6.54 Å². The summed E-state index contributed by atoms with van der Waals surface area (Å²) in [5.41, 5.74) is 0. The van der Waals surface area contributed by atoms with Gasteiger partial charge in [-0.1, -0.05) is 0 Å². The number of carbonyl (C=O) groups excluding carboxylic acids is 1. The summed E-state index contributed by atoms with van der Waals surface area (Å²) in [7, 11) is 0. The van der Waals surface area contributed by atoms with Crippen molar-refractivity contribution in [2.75, 3.05) is 0 Å². The summed E-state index contributed by atoms with van der Waals surface area (Å²) in [5, 5.41) is 4.12. The summed E-state index contributed by atoms with van der Waals surface area (Å²) < 4.78 is 2.73. The molecular weight excluding hydrogens is 317 g/mol. The van der Waals surface area contributed by atoms with E-state index >= 15 is 0 Å². The van der Waals surface area contributed by atoms with Gasteiger partial charge in [0.15, 0.2) is 0 Å². The number of hydrogen-bond acceptors (Lipinski definition) is 2. The molecule has 0 atom stereocenters. The zero-order valence-electron chi connectivity index (χ0n) is 10.1. The van der Waals surface area contributed by atoms with Crippen LogP contribution in [-0.4, -0.2) is 32.7 Å². The van der Waals surface area contributed by atoms with Crippen LogP contribution in [0.25, 0.3) is 0 Å². The van der Waals surface area contributed by atoms with Gasteiger partial charge >= 0.3 is 0 Å². The topological polar surface area (TPSA) is 38.1 Å². The smallest absolute Gasteiger partial charge is 0.244 e. The molecule has 0 saturated heterocycles. The molecule has 1 aromatic rings. The Kier molecular flexibility index (Phi) is 4.76. The summed E-state index contributed by atoms with van der Waals surface area (Å²) in [6.45, 7) is 8.45. The van der Waals surface area contributed by atoms with Gasteiger partial charge in [0, 0.05) is 18.3 Å². The van der Waals surface area contributed by atoms with Crippen molar-refractivity contribution in [3.05, 3.63) is 16.0 Å². The third-order valence-electron chi connectivity index (χ3n) is 2.30. The summed E-state index contributed by atoms with van der Waals surface area (Å²) in [6, 6.07) is 0.448. The van der Waals surface area contributed by atoms with Gasteiger partial charge in [0.25, 0.3) is 0 Å². The molecule has 0 N–H and O–H groups in total. The number of aromatic nitrogens is 2. The Balaban J connectivity index is 2.69. The van der Waals surface area contributed by atoms with Crippen LogP contribution >= 0.6 is 22.6 Å². The number of hydrogen-bond donors (Lipinski definition) is 0. The summed E-state index contributed by atoms with van der Waals surface area (Å²) in [5.74, 6) is 0.115. The highest BCUT2D eigenvalue weighted by Crippen LogP contribution is 2.07. The van der Waals surface area contributed by atoms with Crippen LogP contribution in [-0.2, 0) is 11.3 Å². The Hall–Kier alpha value is -0.590. The zero-order chi connectivity index (χ0) is 12.3. The van der Waals surface area contributed by atoms with E-state index in [1.54, 1.807) is 10.9 Å². The molecule has 90 valence electrons. The largest absolute Gasteiger partial charge is 0.336 e. The average molecular weight is 335 g/mol. The molecule has 4 nitrogen and oxygen atoms in total. The Bertz CT molecular complexity index is 352. The lowest BCUT2D eigenvalue weighted by Crippen LogP contribution is -2.43. The van der Waals surface area contributed by atoms with Gasteiger partial charge in [-0.05, 0) is 50.3 Å². The molecule has 5 heteroatoms. The van der Waals surface area contributed by atoms with E-state index in [0.717, 1.165) is 3.57 Å². The van der Waals surface area contributed by atoms with Gasteiger partial charge < -0.3 is 4.90 Å². The molecule has 0 fully saturated rings. The van der Waals surface area contributed by atoms with Crippen molar-refractivity contribution < 1.29 is 4.79 Å². The van der Waals surface area contributed by atoms with Crippen molar-refractivity contribution in [2.45, 2.75) is 46.3 Å². The molecule has 0 aliphatic heterocycles. The molecule has 0 aromatic carbocycles. The normalized spacial score (nSPS) is 11.2. The van der Waals surface area contributed by atoms with Crippen molar-refractivity contribution in [1.82, 2.24) is 14.7 Å². The molecule has 0 aliphatic carbocycles. The molecule has 16 heavy (non-hydrogen) atoms. The third-order valence-corrected chi connectivity index (χ3v) is 2.86. The van der Waals surface area contributed by atoms with Crippen molar-refractivity contribution in [3.8, 4) is 0 Å². The molecule has 0 bridgehead atoms. The van der Waals surface area contributed by atoms with Crippen LogP contribution in [0.3, 0.4) is 0 Å². The minimum absolute atomic E-state index is 0.115. The second kappa shape index (κ2) is 5.65. The maximum absolute atomic E-state index is 12.1. The molecule has 1 rings (SSSR count). The Morgan fingerprint density at radius 1 is 1.44 bits per heavy atom. The molecule has 0 saturated carbocycles. The molecule has 0 spiro atoms. The summed E-state index contributed by atoms with van der Waals surface area (Å²) >= 11 is 2.18. The number of rotatable bonds is 4. The summed E-state index contributed by atoms with van der Waals surface area (Å²) in [6.07, 6.45) is 3.63. The van der Waals surface area contributed by atoms with E-state index in [-0.39, 0.29) is 18.0 Å². The molecule has 0 unspecified atom stereocenters. The number of halogens is 1. The molecule has 1 aromatic heterocycles. The van der Waals surface area contributed by atoms with E-state index in [4.69, 9.17) is 0 Å². The van der Waals surface area contributed by atoms with Gasteiger partial charge in [-0.2, -0.15) is 5.10 Å². The highest BCUT2D eigenvalue weighted by Gasteiger charge is 2.20. The highest BCUT2D eigenvalue weighted by atomic mass is 127. The Morgan fingerprint density at radius 2 is 2.00 bits per heavy atom. The third kappa shape index (κ3) is 3.47. The second-order valence-electron chi connectivity index (χ2n) is 4.34. The molecule has 1 amide bonds. The van der Waals surface area contributed by atoms with Crippen LogP contribution in [0.5, 0.6) is 0 Å². The van der Waals surface area contributed by atoms with Gasteiger partial charge in [-0.25, -0.2) is 0 Å². The standard InChI is InChI=1S/C11H18IN3O/c1-8(2)15(9(3)4)11(16)7-14-6-10(12)5-13-14/h5-6,8-9H,7H2,1-4H3. The number of amides is 1. The van der Waals surface area contributed by atoms with Crippen molar-refractivity contribution in [3.63, 3.8) is 0 Å². The SMILES string of the molecule is CC(C)N(C(=O)Cn1cc(I)cn1)C(C)C. The minimum atomic E-state index is 0.115.